The van der Waals surface area contributed by atoms with Crippen LogP contribution in [-0.4, -0.2) is 12.1 Å². The van der Waals surface area contributed by atoms with Crippen molar-refractivity contribution in [1.29, 1.82) is 0 Å². The third-order valence-corrected chi connectivity index (χ3v) is 3.80. The second-order valence-corrected chi connectivity index (χ2v) is 5.49. The molecule has 1 atom stereocenters. The maximum absolute atomic E-state index is 5.97. The minimum absolute atomic E-state index is 0.0385. The van der Waals surface area contributed by atoms with E-state index in [1.807, 2.05) is 12.1 Å². The van der Waals surface area contributed by atoms with Crippen LogP contribution < -0.4 is 11.1 Å². The average molecular weight is 299 g/mol. The molecule has 1 rings (SSSR count). The summed E-state index contributed by atoms with van der Waals surface area (Å²) >= 11 is 3.49. The van der Waals surface area contributed by atoms with Crippen molar-refractivity contribution in [2.75, 3.05) is 11.9 Å². The number of halogens is 1. The summed E-state index contributed by atoms with van der Waals surface area (Å²) < 4.78 is 1.10. The first-order valence-electron chi connectivity index (χ1n) is 6.39. The quantitative estimate of drug-likeness (QED) is 0.793. The summed E-state index contributed by atoms with van der Waals surface area (Å²) in [6.07, 6.45) is 4.60. The van der Waals surface area contributed by atoms with Gasteiger partial charge >= 0.3 is 0 Å². The predicted octanol–water partition coefficient (Wildman–Crippen LogP) is 4.16. The van der Waals surface area contributed by atoms with E-state index in [4.69, 9.17) is 5.73 Å². The first-order valence-corrected chi connectivity index (χ1v) is 7.19. The van der Waals surface area contributed by atoms with Gasteiger partial charge in [-0.25, -0.2) is 0 Å². The molecule has 0 bridgehead atoms. The molecule has 17 heavy (non-hydrogen) atoms. The van der Waals surface area contributed by atoms with Crippen LogP contribution in [0.5, 0.6) is 0 Å². The van der Waals surface area contributed by atoms with Gasteiger partial charge in [0.25, 0.3) is 0 Å². The highest BCUT2D eigenvalue weighted by molar-refractivity contribution is 9.10. The lowest BCUT2D eigenvalue weighted by atomic mass is 9.89. The fraction of sp³-hybridized carbons (Fsp3) is 0.571. The summed E-state index contributed by atoms with van der Waals surface area (Å²) in [4.78, 5) is 0. The summed E-state index contributed by atoms with van der Waals surface area (Å²) in [5.41, 5.74) is 7.15. The summed E-state index contributed by atoms with van der Waals surface area (Å²) in [6, 6.07) is 8.28. The van der Waals surface area contributed by atoms with E-state index in [1.165, 1.54) is 12.8 Å². The van der Waals surface area contributed by atoms with E-state index in [1.54, 1.807) is 0 Å². The number of unbranched alkanes of at least 4 members (excludes halogenated alkanes) is 1. The second kappa shape index (κ2) is 7.02. The Hall–Kier alpha value is -0.540. The number of hydrogen-bond acceptors (Lipinski definition) is 2. The second-order valence-electron chi connectivity index (χ2n) is 4.58. The molecule has 0 heterocycles. The SMILES string of the molecule is CCCCC(CC)(CN)Nc1cccc(Br)c1. The normalized spacial score (nSPS) is 14.4. The highest BCUT2D eigenvalue weighted by atomic mass is 79.9. The number of hydrogen-bond donors (Lipinski definition) is 2. The molecule has 2 nitrogen and oxygen atoms in total. The third-order valence-electron chi connectivity index (χ3n) is 3.31. The molecule has 0 saturated carbocycles. The molecule has 0 saturated heterocycles. The Morgan fingerprint density at radius 2 is 2.12 bits per heavy atom. The summed E-state index contributed by atoms with van der Waals surface area (Å²) in [5.74, 6) is 0. The van der Waals surface area contributed by atoms with Gasteiger partial charge in [0.2, 0.25) is 0 Å². The van der Waals surface area contributed by atoms with E-state index in [2.05, 4.69) is 47.2 Å². The molecule has 0 aliphatic carbocycles. The first kappa shape index (κ1) is 14.5. The largest absolute Gasteiger partial charge is 0.378 e. The average Bonchev–Trinajstić information content (AvgIpc) is 2.35. The highest BCUT2D eigenvalue weighted by Crippen LogP contribution is 2.25. The molecule has 1 unspecified atom stereocenters. The van der Waals surface area contributed by atoms with Crippen molar-refractivity contribution in [2.24, 2.45) is 5.73 Å². The van der Waals surface area contributed by atoms with Gasteiger partial charge in [0, 0.05) is 22.2 Å². The van der Waals surface area contributed by atoms with Crippen LogP contribution in [-0.2, 0) is 0 Å². The Bertz CT molecular complexity index is 335. The number of nitrogens with one attached hydrogen (secondary N) is 1. The van der Waals surface area contributed by atoms with Crippen molar-refractivity contribution in [3.63, 3.8) is 0 Å². The monoisotopic (exact) mass is 298 g/mol. The third kappa shape index (κ3) is 4.32. The Morgan fingerprint density at radius 3 is 2.65 bits per heavy atom. The molecule has 0 radical (unpaired) electrons. The molecule has 0 amide bonds. The van der Waals surface area contributed by atoms with E-state index in [0.29, 0.717) is 6.54 Å². The molecule has 0 fully saturated rings. The Balaban J connectivity index is 2.78. The molecule has 0 aromatic heterocycles. The van der Waals surface area contributed by atoms with Gasteiger partial charge in [-0.1, -0.05) is 48.7 Å². The summed E-state index contributed by atoms with van der Waals surface area (Å²) in [6.45, 7) is 5.10. The maximum atomic E-state index is 5.97. The van der Waals surface area contributed by atoms with Crippen molar-refractivity contribution < 1.29 is 0 Å². The van der Waals surface area contributed by atoms with Crippen molar-refractivity contribution in [2.45, 2.75) is 45.1 Å². The Kier molecular flexibility index (Phi) is 6.00. The molecule has 0 aliphatic heterocycles. The maximum Gasteiger partial charge on any atom is 0.0493 e. The van der Waals surface area contributed by atoms with E-state index < -0.39 is 0 Å². The van der Waals surface area contributed by atoms with E-state index in [0.717, 1.165) is 23.0 Å². The van der Waals surface area contributed by atoms with Gasteiger partial charge in [-0.2, -0.15) is 0 Å². The van der Waals surface area contributed by atoms with Crippen LogP contribution in [0.1, 0.15) is 39.5 Å². The lowest BCUT2D eigenvalue weighted by Crippen LogP contribution is -2.45. The molecule has 3 N–H and O–H groups in total. The number of anilines is 1. The molecule has 3 heteroatoms. The van der Waals surface area contributed by atoms with Gasteiger partial charge in [0.05, 0.1) is 0 Å². The van der Waals surface area contributed by atoms with Crippen LogP contribution in [0.4, 0.5) is 5.69 Å². The van der Waals surface area contributed by atoms with Crippen LogP contribution in [0.15, 0.2) is 28.7 Å². The van der Waals surface area contributed by atoms with Crippen LogP contribution in [0.3, 0.4) is 0 Å². The Morgan fingerprint density at radius 1 is 1.35 bits per heavy atom. The van der Waals surface area contributed by atoms with E-state index in [9.17, 15) is 0 Å². The van der Waals surface area contributed by atoms with Crippen molar-refractivity contribution >= 4 is 21.6 Å². The van der Waals surface area contributed by atoms with Crippen LogP contribution in [0.25, 0.3) is 0 Å². The predicted molar refractivity (Wildman–Crippen MR) is 79.4 cm³/mol. The first-order chi connectivity index (χ1) is 8.15. The zero-order valence-corrected chi connectivity index (χ0v) is 12.4. The lowest BCUT2D eigenvalue weighted by Gasteiger charge is -2.34. The van der Waals surface area contributed by atoms with Crippen molar-refractivity contribution in [3.8, 4) is 0 Å². The zero-order valence-electron chi connectivity index (χ0n) is 10.8. The van der Waals surface area contributed by atoms with Crippen LogP contribution in [0, 0.1) is 0 Å². The van der Waals surface area contributed by atoms with Crippen LogP contribution in [0.2, 0.25) is 0 Å². The van der Waals surface area contributed by atoms with Gasteiger partial charge in [-0.05, 0) is 31.0 Å². The van der Waals surface area contributed by atoms with Gasteiger partial charge in [0.1, 0.15) is 0 Å². The smallest absolute Gasteiger partial charge is 0.0493 e. The number of benzene rings is 1. The topological polar surface area (TPSA) is 38.0 Å². The van der Waals surface area contributed by atoms with Gasteiger partial charge in [0.15, 0.2) is 0 Å². The minimum Gasteiger partial charge on any atom is -0.378 e. The fourth-order valence-corrected chi connectivity index (χ4v) is 2.41. The Labute approximate surface area is 113 Å². The molecule has 96 valence electrons. The van der Waals surface area contributed by atoms with E-state index in [-0.39, 0.29) is 5.54 Å². The van der Waals surface area contributed by atoms with Crippen LogP contribution >= 0.6 is 15.9 Å². The zero-order chi connectivity index (χ0) is 12.7. The lowest BCUT2D eigenvalue weighted by molar-refractivity contribution is 0.411. The van der Waals surface area contributed by atoms with Gasteiger partial charge in [-0.3, -0.25) is 0 Å². The molecule has 1 aromatic rings. The molecule has 0 aliphatic rings. The molecule has 1 aromatic carbocycles. The summed E-state index contributed by atoms with van der Waals surface area (Å²) in [7, 11) is 0. The van der Waals surface area contributed by atoms with Gasteiger partial charge in [-0.15, -0.1) is 0 Å². The van der Waals surface area contributed by atoms with E-state index >= 15 is 0 Å². The van der Waals surface area contributed by atoms with Gasteiger partial charge < -0.3 is 11.1 Å². The van der Waals surface area contributed by atoms with Crippen molar-refractivity contribution in [3.05, 3.63) is 28.7 Å². The fourth-order valence-electron chi connectivity index (χ4n) is 2.01. The molecular formula is C14H23BrN2. The highest BCUT2D eigenvalue weighted by Gasteiger charge is 2.25. The molecular weight excluding hydrogens is 276 g/mol. The summed E-state index contributed by atoms with van der Waals surface area (Å²) in [5, 5.41) is 3.61. The molecule has 0 spiro atoms. The van der Waals surface area contributed by atoms with Crippen molar-refractivity contribution in [1.82, 2.24) is 0 Å². The number of nitrogens with two attached hydrogens (primary N) is 1. The number of rotatable bonds is 7. The minimum atomic E-state index is 0.0385. The standard InChI is InChI=1S/C14H23BrN2/c1-3-5-9-14(4-2,11-16)17-13-8-6-7-12(15)10-13/h6-8,10,17H,3-5,9,11,16H2,1-2H3.